The maximum atomic E-state index is 11.2. The van der Waals surface area contributed by atoms with Gasteiger partial charge in [-0.1, -0.05) is 6.58 Å². The normalized spacial score (nSPS) is 11.8. The highest BCUT2D eigenvalue weighted by atomic mass is 16.6. The molecule has 1 atom stereocenters. The predicted octanol–water partition coefficient (Wildman–Crippen LogP) is 2.29. The van der Waals surface area contributed by atoms with E-state index in [1.807, 2.05) is 0 Å². The van der Waals surface area contributed by atoms with Gasteiger partial charge in [-0.2, -0.15) is 0 Å². The molecule has 1 aromatic carbocycles. The summed E-state index contributed by atoms with van der Waals surface area (Å²) in [5.74, 6) is 0.0407. The molecule has 0 saturated carbocycles. The zero-order valence-electron chi connectivity index (χ0n) is 11.0. The van der Waals surface area contributed by atoms with Crippen LogP contribution in [0.1, 0.15) is 6.92 Å². The number of benzene rings is 1. The third-order valence-electron chi connectivity index (χ3n) is 2.56. The molecule has 20 heavy (non-hydrogen) atoms. The number of hydrogen-bond acceptors (Lipinski definition) is 5. The van der Waals surface area contributed by atoms with Crippen molar-refractivity contribution in [1.82, 2.24) is 0 Å². The third-order valence-corrected chi connectivity index (χ3v) is 2.56. The van der Waals surface area contributed by atoms with E-state index in [0.29, 0.717) is 11.3 Å². The van der Waals surface area contributed by atoms with Gasteiger partial charge in [-0.05, 0) is 25.1 Å². The molecule has 0 aliphatic carbocycles. The fourth-order valence-corrected chi connectivity index (χ4v) is 1.64. The van der Waals surface area contributed by atoms with Gasteiger partial charge in [-0.15, -0.1) is 0 Å². The van der Waals surface area contributed by atoms with Crippen molar-refractivity contribution in [3.05, 3.63) is 53.4 Å². The Bertz CT molecular complexity index is 686. The van der Waals surface area contributed by atoms with Gasteiger partial charge in [0, 0.05) is 23.6 Å². The Morgan fingerprint density at radius 2 is 2.15 bits per heavy atom. The van der Waals surface area contributed by atoms with E-state index in [4.69, 9.17) is 13.9 Å². The van der Waals surface area contributed by atoms with Crippen LogP contribution in [0, 0.1) is 0 Å². The Balaban J connectivity index is 2.07. The molecular formula is C15H14O5. The predicted molar refractivity (Wildman–Crippen MR) is 73.7 cm³/mol. The van der Waals surface area contributed by atoms with E-state index in [1.54, 1.807) is 31.2 Å². The van der Waals surface area contributed by atoms with E-state index in [-0.39, 0.29) is 12.7 Å². The Kier molecular flexibility index (Phi) is 4.20. The molecule has 2 rings (SSSR count). The first-order valence-corrected chi connectivity index (χ1v) is 6.08. The lowest BCUT2D eigenvalue weighted by Crippen LogP contribution is -2.20. The molecule has 1 aromatic heterocycles. The molecule has 104 valence electrons. The molecule has 0 amide bonds. The van der Waals surface area contributed by atoms with E-state index in [0.717, 1.165) is 11.5 Å². The summed E-state index contributed by atoms with van der Waals surface area (Å²) < 4.78 is 15.5. The van der Waals surface area contributed by atoms with Crippen LogP contribution in [0.4, 0.5) is 0 Å². The van der Waals surface area contributed by atoms with Crippen LogP contribution in [0.3, 0.4) is 0 Å². The quantitative estimate of drug-likeness (QED) is 0.475. The van der Waals surface area contributed by atoms with Crippen molar-refractivity contribution in [3.8, 4) is 5.75 Å². The molecule has 0 aliphatic heterocycles. The van der Waals surface area contributed by atoms with Crippen LogP contribution < -0.4 is 10.4 Å². The fourth-order valence-electron chi connectivity index (χ4n) is 1.64. The Hall–Kier alpha value is -2.56. The standard InChI is InChI=1S/C15H14O5/c1-3-14(16)18-9-10(2)19-12-6-4-11-5-7-15(17)20-13(11)8-12/h3-8,10H,1,9H2,2H3. The molecular weight excluding hydrogens is 260 g/mol. The summed E-state index contributed by atoms with van der Waals surface area (Å²) in [6.45, 7) is 5.19. The van der Waals surface area contributed by atoms with Gasteiger partial charge in [0.2, 0.25) is 0 Å². The third kappa shape index (κ3) is 3.47. The number of carbonyl (C=O) groups excluding carboxylic acids is 1. The van der Waals surface area contributed by atoms with Crippen LogP contribution in [0.5, 0.6) is 5.75 Å². The molecule has 0 radical (unpaired) electrons. The average Bonchev–Trinajstić information content (AvgIpc) is 2.44. The van der Waals surface area contributed by atoms with Crippen LogP contribution >= 0.6 is 0 Å². The number of ether oxygens (including phenoxy) is 2. The van der Waals surface area contributed by atoms with E-state index in [9.17, 15) is 9.59 Å². The molecule has 2 aromatic rings. The summed E-state index contributed by atoms with van der Waals surface area (Å²) in [7, 11) is 0. The fraction of sp³-hybridized carbons (Fsp3) is 0.200. The number of esters is 1. The maximum absolute atomic E-state index is 11.2. The second-order valence-electron chi connectivity index (χ2n) is 4.22. The van der Waals surface area contributed by atoms with Crippen molar-refractivity contribution >= 4 is 16.9 Å². The highest BCUT2D eigenvalue weighted by Crippen LogP contribution is 2.20. The minimum atomic E-state index is -0.495. The average molecular weight is 274 g/mol. The van der Waals surface area contributed by atoms with E-state index < -0.39 is 11.6 Å². The zero-order chi connectivity index (χ0) is 14.5. The first kappa shape index (κ1) is 13.9. The van der Waals surface area contributed by atoms with Crippen LogP contribution in [0.2, 0.25) is 0 Å². The molecule has 5 heteroatoms. The van der Waals surface area contributed by atoms with Crippen LogP contribution in [0.25, 0.3) is 11.0 Å². The van der Waals surface area contributed by atoms with Gasteiger partial charge in [-0.3, -0.25) is 0 Å². The molecule has 0 fully saturated rings. The lowest BCUT2D eigenvalue weighted by atomic mass is 10.2. The van der Waals surface area contributed by atoms with Gasteiger partial charge in [0.1, 0.15) is 24.0 Å². The molecule has 1 unspecified atom stereocenters. The summed E-state index contributed by atoms with van der Waals surface area (Å²) in [6.07, 6.45) is 0.768. The Morgan fingerprint density at radius 3 is 2.90 bits per heavy atom. The summed E-state index contributed by atoms with van der Waals surface area (Å²) in [6, 6.07) is 8.22. The van der Waals surface area contributed by atoms with Gasteiger partial charge in [0.15, 0.2) is 0 Å². The van der Waals surface area contributed by atoms with E-state index in [2.05, 4.69) is 6.58 Å². The maximum Gasteiger partial charge on any atom is 0.336 e. The van der Waals surface area contributed by atoms with E-state index >= 15 is 0 Å². The highest BCUT2D eigenvalue weighted by Gasteiger charge is 2.08. The number of hydrogen-bond donors (Lipinski definition) is 0. The first-order chi connectivity index (χ1) is 9.58. The minimum Gasteiger partial charge on any atom is -0.487 e. The molecule has 0 aliphatic rings. The lowest BCUT2D eigenvalue weighted by Gasteiger charge is -2.14. The highest BCUT2D eigenvalue weighted by molar-refractivity contribution is 5.81. The van der Waals surface area contributed by atoms with Crippen LogP contribution in [-0.2, 0) is 9.53 Å². The second-order valence-corrected chi connectivity index (χ2v) is 4.22. The second kappa shape index (κ2) is 6.06. The molecule has 0 bridgehead atoms. The number of fused-ring (bicyclic) bond motifs is 1. The van der Waals surface area contributed by atoms with Gasteiger partial charge in [0.05, 0.1) is 0 Å². The summed E-state index contributed by atoms with van der Waals surface area (Å²) in [5, 5.41) is 0.808. The molecule has 0 N–H and O–H groups in total. The monoisotopic (exact) mass is 274 g/mol. The lowest BCUT2D eigenvalue weighted by molar-refractivity contribution is -0.139. The van der Waals surface area contributed by atoms with Crippen molar-refractivity contribution in [3.63, 3.8) is 0 Å². The smallest absolute Gasteiger partial charge is 0.336 e. The Labute approximate surface area is 115 Å². The summed E-state index contributed by atoms with van der Waals surface area (Å²) in [4.78, 5) is 22.1. The van der Waals surface area contributed by atoms with E-state index in [1.165, 1.54) is 6.07 Å². The largest absolute Gasteiger partial charge is 0.487 e. The molecule has 0 spiro atoms. The van der Waals surface area contributed by atoms with Gasteiger partial charge >= 0.3 is 11.6 Å². The minimum absolute atomic E-state index is 0.113. The molecule has 5 nitrogen and oxygen atoms in total. The first-order valence-electron chi connectivity index (χ1n) is 6.08. The SMILES string of the molecule is C=CC(=O)OCC(C)Oc1ccc2ccc(=O)oc2c1. The van der Waals surface area contributed by atoms with Crippen molar-refractivity contribution in [2.75, 3.05) is 6.61 Å². The summed E-state index contributed by atoms with van der Waals surface area (Å²) >= 11 is 0. The van der Waals surface area contributed by atoms with Gasteiger partial charge < -0.3 is 13.9 Å². The number of rotatable bonds is 5. The topological polar surface area (TPSA) is 65.7 Å². The van der Waals surface area contributed by atoms with Crippen molar-refractivity contribution in [1.29, 1.82) is 0 Å². The zero-order valence-corrected chi connectivity index (χ0v) is 11.0. The van der Waals surface area contributed by atoms with Gasteiger partial charge in [0.25, 0.3) is 0 Å². The number of carbonyl (C=O) groups is 1. The Morgan fingerprint density at radius 1 is 1.40 bits per heavy atom. The molecule has 0 saturated heterocycles. The summed E-state index contributed by atoms with van der Waals surface area (Å²) in [5.41, 5.74) is 0.0351. The van der Waals surface area contributed by atoms with Crippen LogP contribution in [0.15, 0.2) is 52.2 Å². The molecule has 1 heterocycles. The van der Waals surface area contributed by atoms with Crippen molar-refractivity contribution < 1.29 is 18.7 Å². The van der Waals surface area contributed by atoms with Crippen LogP contribution in [-0.4, -0.2) is 18.7 Å². The van der Waals surface area contributed by atoms with Crippen molar-refractivity contribution in [2.45, 2.75) is 13.0 Å². The van der Waals surface area contributed by atoms with Crippen molar-refractivity contribution in [2.24, 2.45) is 0 Å². The van der Waals surface area contributed by atoms with Gasteiger partial charge in [-0.25, -0.2) is 9.59 Å².